The van der Waals surface area contributed by atoms with Crippen molar-refractivity contribution in [2.24, 2.45) is 16.6 Å². The van der Waals surface area contributed by atoms with Crippen LogP contribution < -0.4 is 11.1 Å². The summed E-state index contributed by atoms with van der Waals surface area (Å²) in [6, 6.07) is 8.88. The van der Waals surface area contributed by atoms with Gasteiger partial charge in [-0.1, -0.05) is 45.0 Å². The number of nitrogens with zero attached hydrogens (tertiary/aromatic N) is 2. The van der Waals surface area contributed by atoms with Gasteiger partial charge in [0, 0.05) is 32.6 Å². The molecule has 1 aliphatic heterocycles. The molecular weight excluding hydrogens is 463 g/mol. The predicted octanol–water partition coefficient (Wildman–Crippen LogP) is 3.70. The minimum Gasteiger partial charge on any atom is -0.370 e. The molecule has 1 aromatic carbocycles. The summed E-state index contributed by atoms with van der Waals surface area (Å²) in [4.78, 5) is 18.4. The highest BCUT2D eigenvalue weighted by atomic mass is 127. The van der Waals surface area contributed by atoms with Gasteiger partial charge in [0.25, 0.3) is 0 Å². The number of likely N-dealkylation sites (tertiary alicyclic amines) is 1. The second kappa shape index (κ2) is 11.6. The molecule has 1 amide bonds. The maximum atomic E-state index is 11.2. The van der Waals surface area contributed by atoms with Crippen molar-refractivity contribution in [3.05, 3.63) is 35.4 Å². The van der Waals surface area contributed by atoms with Gasteiger partial charge in [0.2, 0.25) is 5.91 Å². The van der Waals surface area contributed by atoms with E-state index in [1.807, 2.05) is 0 Å². The lowest BCUT2D eigenvalue weighted by Crippen LogP contribution is -2.47. The number of piperidine rings is 1. The van der Waals surface area contributed by atoms with E-state index in [0.29, 0.717) is 12.3 Å². The molecule has 0 spiro atoms. The zero-order valence-electron chi connectivity index (χ0n) is 17.8. The molecule has 5 nitrogen and oxygen atoms in total. The Balaban J connectivity index is 0.00000392. The van der Waals surface area contributed by atoms with Gasteiger partial charge in [-0.25, -0.2) is 0 Å². The van der Waals surface area contributed by atoms with Crippen LogP contribution in [0.15, 0.2) is 29.3 Å². The summed E-state index contributed by atoms with van der Waals surface area (Å²) in [6.07, 6.45) is 3.55. The number of halogens is 1. The first-order valence-corrected chi connectivity index (χ1v) is 10.2. The van der Waals surface area contributed by atoms with Crippen LogP contribution in [0.3, 0.4) is 0 Å². The first kappa shape index (κ1) is 24.7. The third kappa shape index (κ3) is 7.97. The van der Waals surface area contributed by atoms with Crippen molar-refractivity contribution >= 4 is 35.8 Å². The van der Waals surface area contributed by atoms with E-state index in [4.69, 9.17) is 10.7 Å². The van der Waals surface area contributed by atoms with Crippen molar-refractivity contribution in [2.75, 3.05) is 26.2 Å². The van der Waals surface area contributed by atoms with Crippen molar-refractivity contribution in [3.63, 3.8) is 0 Å². The summed E-state index contributed by atoms with van der Waals surface area (Å²) in [6.45, 7) is 12.2. The standard InChI is InChI=1S/C22H36N4O.HI/c1-5-24-21(26-14-6-7-18(16-26)15-20(23)27)25-13-12-17-8-10-19(11-9-17)22(2,3)4;/h8-11,18H,5-7,12-16H2,1-4H3,(H2,23,27)(H,24,25);1H. The number of carbonyl (C=O) groups excluding carboxylic acids is 1. The Labute approximate surface area is 187 Å². The number of primary amides is 1. The monoisotopic (exact) mass is 500 g/mol. The van der Waals surface area contributed by atoms with E-state index in [-0.39, 0.29) is 35.3 Å². The molecule has 0 aliphatic carbocycles. The Morgan fingerprint density at radius 2 is 1.96 bits per heavy atom. The average molecular weight is 500 g/mol. The molecular formula is C22H37IN4O. The highest BCUT2D eigenvalue weighted by Crippen LogP contribution is 2.22. The number of rotatable bonds is 6. The number of hydrogen-bond acceptors (Lipinski definition) is 2. The average Bonchev–Trinajstić information content (AvgIpc) is 2.60. The molecule has 1 saturated heterocycles. The fourth-order valence-electron chi connectivity index (χ4n) is 3.60. The number of amides is 1. The van der Waals surface area contributed by atoms with E-state index in [1.54, 1.807) is 0 Å². The largest absolute Gasteiger partial charge is 0.370 e. The van der Waals surface area contributed by atoms with Crippen LogP contribution in [0.1, 0.15) is 58.1 Å². The van der Waals surface area contributed by atoms with Gasteiger partial charge in [0.1, 0.15) is 0 Å². The van der Waals surface area contributed by atoms with Crippen LogP contribution in [0.25, 0.3) is 0 Å². The van der Waals surface area contributed by atoms with Gasteiger partial charge in [-0.05, 0) is 48.6 Å². The maximum Gasteiger partial charge on any atom is 0.217 e. The van der Waals surface area contributed by atoms with Gasteiger partial charge in [-0.15, -0.1) is 24.0 Å². The lowest BCUT2D eigenvalue weighted by molar-refractivity contribution is -0.119. The van der Waals surface area contributed by atoms with Crippen LogP contribution in [-0.2, 0) is 16.6 Å². The van der Waals surface area contributed by atoms with Gasteiger partial charge < -0.3 is 16.0 Å². The number of hydrogen-bond donors (Lipinski definition) is 2. The number of carbonyl (C=O) groups is 1. The highest BCUT2D eigenvalue weighted by Gasteiger charge is 2.23. The topological polar surface area (TPSA) is 70.7 Å². The van der Waals surface area contributed by atoms with Crippen LogP contribution in [0.5, 0.6) is 0 Å². The summed E-state index contributed by atoms with van der Waals surface area (Å²) < 4.78 is 0. The molecule has 1 aliphatic rings. The van der Waals surface area contributed by atoms with Gasteiger partial charge in [-0.3, -0.25) is 9.79 Å². The Bertz CT molecular complexity index is 637. The van der Waals surface area contributed by atoms with E-state index < -0.39 is 0 Å². The Hall–Kier alpha value is -1.31. The smallest absolute Gasteiger partial charge is 0.217 e. The van der Waals surface area contributed by atoms with E-state index >= 15 is 0 Å². The normalized spacial score (nSPS) is 17.8. The molecule has 3 N–H and O–H groups in total. The Morgan fingerprint density at radius 3 is 2.54 bits per heavy atom. The molecule has 0 saturated carbocycles. The van der Waals surface area contributed by atoms with E-state index in [2.05, 4.69) is 62.2 Å². The van der Waals surface area contributed by atoms with Crippen LogP contribution in [0.4, 0.5) is 0 Å². The SMILES string of the molecule is CCNC(=NCCc1ccc(C(C)(C)C)cc1)N1CCCC(CC(N)=O)C1.I. The van der Waals surface area contributed by atoms with Crippen LogP contribution in [0.2, 0.25) is 0 Å². The van der Waals surface area contributed by atoms with Gasteiger partial charge in [0.15, 0.2) is 5.96 Å². The Morgan fingerprint density at radius 1 is 1.29 bits per heavy atom. The van der Waals surface area contributed by atoms with Crippen molar-refractivity contribution in [1.82, 2.24) is 10.2 Å². The van der Waals surface area contributed by atoms with Crippen molar-refractivity contribution in [3.8, 4) is 0 Å². The molecule has 1 aromatic rings. The summed E-state index contributed by atoms with van der Waals surface area (Å²) in [5, 5.41) is 3.40. The first-order valence-electron chi connectivity index (χ1n) is 10.2. The zero-order chi connectivity index (χ0) is 19.9. The third-order valence-electron chi connectivity index (χ3n) is 5.13. The molecule has 0 radical (unpaired) electrons. The second-order valence-electron chi connectivity index (χ2n) is 8.56. The molecule has 2 rings (SSSR count). The fourth-order valence-corrected chi connectivity index (χ4v) is 3.60. The summed E-state index contributed by atoms with van der Waals surface area (Å²) in [7, 11) is 0. The van der Waals surface area contributed by atoms with Gasteiger partial charge in [0.05, 0.1) is 0 Å². The summed E-state index contributed by atoms with van der Waals surface area (Å²) in [5.74, 6) is 1.09. The van der Waals surface area contributed by atoms with Gasteiger partial charge >= 0.3 is 0 Å². The van der Waals surface area contributed by atoms with Gasteiger partial charge in [-0.2, -0.15) is 0 Å². The molecule has 1 fully saturated rings. The fraction of sp³-hybridized carbons (Fsp3) is 0.636. The third-order valence-corrected chi connectivity index (χ3v) is 5.13. The number of nitrogens with two attached hydrogens (primary N) is 1. The van der Waals surface area contributed by atoms with E-state index in [9.17, 15) is 4.79 Å². The number of benzene rings is 1. The molecule has 28 heavy (non-hydrogen) atoms. The lowest BCUT2D eigenvalue weighted by Gasteiger charge is -2.34. The molecule has 158 valence electrons. The quantitative estimate of drug-likeness (QED) is 0.356. The first-order chi connectivity index (χ1) is 12.8. The zero-order valence-corrected chi connectivity index (χ0v) is 20.2. The predicted molar refractivity (Wildman–Crippen MR) is 128 cm³/mol. The van der Waals surface area contributed by atoms with Crippen LogP contribution in [0, 0.1) is 5.92 Å². The Kier molecular flexibility index (Phi) is 10.3. The minimum atomic E-state index is -0.206. The second-order valence-corrected chi connectivity index (χ2v) is 8.56. The van der Waals surface area contributed by atoms with E-state index in [0.717, 1.165) is 51.4 Å². The summed E-state index contributed by atoms with van der Waals surface area (Å²) in [5.41, 5.74) is 8.24. The maximum absolute atomic E-state index is 11.2. The highest BCUT2D eigenvalue weighted by molar-refractivity contribution is 14.0. The molecule has 1 atom stereocenters. The molecule has 6 heteroatoms. The van der Waals surface area contributed by atoms with Crippen molar-refractivity contribution < 1.29 is 4.79 Å². The number of nitrogens with one attached hydrogen (secondary N) is 1. The molecule has 1 heterocycles. The van der Waals surface area contributed by atoms with E-state index in [1.165, 1.54) is 11.1 Å². The lowest BCUT2D eigenvalue weighted by atomic mass is 9.86. The number of guanidine groups is 1. The van der Waals surface area contributed by atoms with Crippen LogP contribution in [-0.4, -0.2) is 42.9 Å². The minimum absolute atomic E-state index is 0. The number of aliphatic imine (C=N–C) groups is 1. The molecule has 0 bridgehead atoms. The van der Waals surface area contributed by atoms with Crippen molar-refractivity contribution in [2.45, 2.75) is 58.8 Å². The van der Waals surface area contributed by atoms with Crippen LogP contribution >= 0.6 is 24.0 Å². The van der Waals surface area contributed by atoms with Crippen molar-refractivity contribution in [1.29, 1.82) is 0 Å². The molecule has 1 unspecified atom stereocenters. The molecule has 0 aromatic heterocycles. The summed E-state index contributed by atoms with van der Waals surface area (Å²) >= 11 is 0.